The fraction of sp³-hybridized carbons (Fsp3) is 0. The summed E-state index contributed by atoms with van der Waals surface area (Å²) in [5.41, 5.74) is 11.9. The number of para-hydroxylation sites is 6. The van der Waals surface area contributed by atoms with Gasteiger partial charge >= 0.3 is 0 Å². The average Bonchev–Trinajstić information content (AvgIpc) is 3.82. The number of anilines is 6. The van der Waals surface area contributed by atoms with Crippen LogP contribution in [0.4, 0.5) is 34.4 Å². The van der Waals surface area contributed by atoms with Crippen LogP contribution < -0.4 is 26.2 Å². The molecule has 7 heterocycles. The summed E-state index contributed by atoms with van der Waals surface area (Å²) < 4.78 is 4.59. The van der Waals surface area contributed by atoms with Crippen molar-refractivity contribution in [2.75, 3.05) is 9.80 Å². The number of benzene rings is 6. The number of pyridine rings is 3. The molecule has 8 heteroatoms. The Morgan fingerprint density at radius 1 is 0.356 bits per heavy atom. The van der Waals surface area contributed by atoms with Gasteiger partial charge in [-0.1, -0.05) is 121 Å². The van der Waals surface area contributed by atoms with Crippen molar-refractivity contribution in [3.05, 3.63) is 194 Å². The summed E-state index contributed by atoms with van der Waals surface area (Å²) in [5.74, 6) is 3.46. The molecule has 7 nitrogen and oxygen atoms in total. The monoisotopic (exact) mass is 753 g/mol. The number of nitrogens with zero attached hydrogens (tertiary/aromatic N) is 7. The minimum absolute atomic E-state index is 0.160. The summed E-state index contributed by atoms with van der Waals surface area (Å²) in [5, 5.41) is 4.81. The third kappa shape index (κ3) is 4.51. The molecular weight excluding hydrogens is 721 g/mol. The Kier molecular flexibility index (Phi) is 6.69. The second kappa shape index (κ2) is 12.3. The standard InChI is InChI=1S/C51H32BN7/c1-3-15-33(16-4-1)56-45-31-53-32-46-49(45)52(39-27-29-47(54-50(39)56)58-41-23-11-7-19-35(41)36-20-8-12-24-42(36)58)40-28-30-48(55-51(40)57(46)34-17-5-2-6-18-34)59-43-25-13-9-21-37(43)38-22-10-14-26-44(38)59/h1-32H. The molecule has 0 saturated carbocycles. The molecule has 0 radical (unpaired) electrons. The highest BCUT2D eigenvalue weighted by Crippen LogP contribution is 2.43. The van der Waals surface area contributed by atoms with Crippen LogP contribution in [0.15, 0.2) is 194 Å². The Hall–Kier alpha value is -7.97. The van der Waals surface area contributed by atoms with Crippen molar-refractivity contribution in [3.63, 3.8) is 0 Å². The molecule has 59 heavy (non-hydrogen) atoms. The van der Waals surface area contributed by atoms with E-state index in [1.807, 2.05) is 12.4 Å². The fourth-order valence-electron chi connectivity index (χ4n) is 9.78. The van der Waals surface area contributed by atoms with Gasteiger partial charge in [-0.2, -0.15) is 0 Å². The Labute approximate surface area is 339 Å². The molecule has 0 bridgehead atoms. The molecule has 11 aromatic rings. The summed E-state index contributed by atoms with van der Waals surface area (Å²) in [7, 11) is 0. The predicted molar refractivity (Wildman–Crippen MR) is 243 cm³/mol. The van der Waals surface area contributed by atoms with Gasteiger partial charge in [0.25, 0.3) is 6.71 Å². The molecule has 0 amide bonds. The quantitative estimate of drug-likeness (QED) is 0.168. The van der Waals surface area contributed by atoms with E-state index in [-0.39, 0.29) is 6.71 Å². The van der Waals surface area contributed by atoms with Crippen LogP contribution >= 0.6 is 0 Å². The predicted octanol–water partition coefficient (Wildman–Crippen LogP) is 10.1. The summed E-state index contributed by atoms with van der Waals surface area (Å²) in [6.07, 6.45) is 4.01. The van der Waals surface area contributed by atoms with Crippen LogP contribution in [0.2, 0.25) is 0 Å². The molecule has 274 valence electrons. The van der Waals surface area contributed by atoms with Gasteiger partial charge in [-0.15, -0.1) is 0 Å². The van der Waals surface area contributed by atoms with Gasteiger partial charge in [0.15, 0.2) is 0 Å². The van der Waals surface area contributed by atoms with E-state index in [4.69, 9.17) is 15.0 Å². The number of hydrogen-bond acceptors (Lipinski definition) is 5. The van der Waals surface area contributed by atoms with Crippen molar-refractivity contribution in [2.24, 2.45) is 0 Å². The van der Waals surface area contributed by atoms with Gasteiger partial charge in [-0.25, -0.2) is 9.97 Å². The van der Waals surface area contributed by atoms with Crippen LogP contribution in [0.3, 0.4) is 0 Å². The number of fused-ring (bicyclic) bond motifs is 10. The zero-order valence-corrected chi connectivity index (χ0v) is 31.7. The largest absolute Gasteiger partial charge is 0.294 e. The van der Waals surface area contributed by atoms with E-state index < -0.39 is 0 Å². The van der Waals surface area contributed by atoms with Crippen molar-refractivity contribution < 1.29 is 0 Å². The van der Waals surface area contributed by atoms with Gasteiger partial charge in [0.05, 0.1) is 45.8 Å². The molecule has 5 aromatic heterocycles. The summed E-state index contributed by atoms with van der Waals surface area (Å²) in [4.78, 5) is 20.9. The lowest BCUT2D eigenvalue weighted by molar-refractivity contribution is 1.05. The Balaban J connectivity index is 1.10. The summed E-state index contributed by atoms with van der Waals surface area (Å²) in [6.45, 7) is -0.160. The Bertz CT molecular complexity index is 3150. The number of aromatic nitrogens is 5. The molecule has 0 atom stereocenters. The van der Waals surface area contributed by atoms with E-state index in [9.17, 15) is 0 Å². The second-order valence-electron chi connectivity index (χ2n) is 15.3. The third-order valence-corrected chi connectivity index (χ3v) is 12.2. The first kappa shape index (κ1) is 32.2. The van der Waals surface area contributed by atoms with Gasteiger partial charge in [-0.05, 0) is 77.1 Å². The maximum Gasteiger partial charge on any atom is 0.256 e. The smallest absolute Gasteiger partial charge is 0.256 e. The SMILES string of the molecule is c1ccc(N2c3cncc4c3B(c3ccc(-n5c6ccccc6c6ccccc65)nc32)c2ccc(-n3c5ccccc5c5ccccc53)nc2N4c2ccccc2)cc1. The average molecular weight is 754 g/mol. The lowest BCUT2D eigenvalue weighted by Gasteiger charge is -2.42. The topological polar surface area (TPSA) is 55.0 Å². The maximum absolute atomic E-state index is 5.66. The van der Waals surface area contributed by atoms with Gasteiger partial charge in [-0.3, -0.25) is 23.9 Å². The van der Waals surface area contributed by atoms with E-state index in [2.05, 4.69) is 201 Å². The molecule has 0 fully saturated rings. The van der Waals surface area contributed by atoms with Crippen molar-refractivity contribution in [2.45, 2.75) is 0 Å². The molecular formula is C51H32BN7. The highest BCUT2D eigenvalue weighted by atomic mass is 15.3. The third-order valence-electron chi connectivity index (χ3n) is 12.2. The highest BCUT2D eigenvalue weighted by Gasteiger charge is 2.45. The van der Waals surface area contributed by atoms with Crippen LogP contribution in [0.5, 0.6) is 0 Å². The van der Waals surface area contributed by atoms with Crippen molar-refractivity contribution >= 4 is 101 Å². The van der Waals surface area contributed by atoms with Crippen LogP contribution in [-0.2, 0) is 0 Å². The lowest BCUT2D eigenvalue weighted by Crippen LogP contribution is -2.62. The van der Waals surface area contributed by atoms with E-state index >= 15 is 0 Å². The molecule has 0 saturated heterocycles. The zero-order valence-electron chi connectivity index (χ0n) is 31.7. The van der Waals surface area contributed by atoms with Gasteiger partial charge < -0.3 is 0 Å². The minimum Gasteiger partial charge on any atom is -0.294 e. The van der Waals surface area contributed by atoms with Crippen LogP contribution in [-0.4, -0.2) is 30.8 Å². The van der Waals surface area contributed by atoms with Crippen molar-refractivity contribution in [1.82, 2.24) is 24.1 Å². The van der Waals surface area contributed by atoms with Gasteiger partial charge in [0, 0.05) is 32.9 Å². The van der Waals surface area contributed by atoms with E-state index in [0.29, 0.717) is 0 Å². The molecule has 0 N–H and O–H groups in total. The first-order valence-corrected chi connectivity index (χ1v) is 20.0. The zero-order chi connectivity index (χ0) is 38.6. The minimum atomic E-state index is -0.160. The lowest BCUT2D eigenvalue weighted by atomic mass is 9.34. The van der Waals surface area contributed by atoms with E-state index in [0.717, 1.165) is 79.0 Å². The molecule has 2 aliphatic rings. The molecule has 0 unspecified atom stereocenters. The van der Waals surface area contributed by atoms with Gasteiger partial charge in [0.1, 0.15) is 23.3 Å². The Morgan fingerprint density at radius 2 is 0.712 bits per heavy atom. The first-order valence-electron chi connectivity index (χ1n) is 20.0. The van der Waals surface area contributed by atoms with E-state index in [1.165, 1.54) is 27.0 Å². The molecule has 0 aliphatic carbocycles. The molecule has 0 spiro atoms. The van der Waals surface area contributed by atoms with Crippen LogP contribution in [0.1, 0.15) is 0 Å². The molecule has 6 aromatic carbocycles. The molecule has 13 rings (SSSR count). The fourth-order valence-corrected chi connectivity index (χ4v) is 9.78. The van der Waals surface area contributed by atoms with Crippen LogP contribution in [0.25, 0.3) is 55.2 Å². The number of hydrogen-bond donors (Lipinski definition) is 0. The van der Waals surface area contributed by atoms with E-state index in [1.54, 1.807) is 0 Å². The van der Waals surface area contributed by atoms with Gasteiger partial charge in [0.2, 0.25) is 0 Å². The van der Waals surface area contributed by atoms with Crippen molar-refractivity contribution in [3.8, 4) is 11.6 Å². The molecule has 2 aliphatic heterocycles. The summed E-state index contributed by atoms with van der Waals surface area (Å²) in [6, 6.07) is 64.5. The van der Waals surface area contributed by atoms with Crippen molar-refractivity contribution in [1.29, 1.82) is 0 Å². The first-order chi connectivity index (χ1) is 29.3. The summed E-state index contributed by atoms with van der Waals surface area (Å²) >= 11 is 0. The van der Waals surface area contributed by atoms with Crippen LogP contribution in [0, 0.1) is 0 Å². The maximum atomic E-state index is 5.66. The highest BCUT2D eigenvalue weighted by molar-refractivity contribution is 7.00. The number of rotatable bonds is 4. The second-order valence-corrected chi connectivity index (χ2v) is 15.3. The normalized spacial score (nSPS) is 13.0. The Morgan fingerprint density at radius 3 is 1.10 bits per heavy atom.